The number of rotatable bonds is 5. The van der Waals surface area contributed by atoms with Gasteiger partial charge in [-0.1, -0.05) is 24.3 Å². The number of aryl methyl sites for hydroxylation is 1. The lowest BCUT2D eigenvalue weighted by Crippen LogP contribution is -2.32. The number of anilines is 1. The minimum Gasteiger partial charge on any atom is -0.343 e. The number of fused-ring (bicyclic) bond motifs is 3. The summed E-state index contributed by atoms with van der Waals surface area (Å²) in [6.07, 6.45) is 0. The largest absolute Gasteiger partial charge is 0.343 e. The molecule has 0 fully saturated rings. The van der Waals surface area contributed by atoms with E-state index in [-0.39, 0.29) is 18.0 Å². The lowest BCUT2D eigenvalue weighted by molar-refractivity contribution is -0.115. The maximum atomic E-state index is 13.2. The topological polar surface area (TPSA) is 63.1 Å². The molecule has 0 saturated carbocycles. The monoisotopic (exact) mass is 389 g/mol. The molecule has 2 amide bonds. The molecule has 0 atom stereocenters. The summed E-state index contributed by atoms with van der Waals surface area (Å²) in [5.74, 6) is -1.35. The van der Waals surface area contributed by atoms with Crippen LogP contribution in [0.1, 0.15) is 17.3 Å². The highest BCUT2D eigenvalue weighted by molar-refractivity contribution is 6.10. The van der Waals surface area contributed by atoms with Gasteiger partial charge in [0.2, 0.25) is 5.91 Å². The van der Waals surface area contributed by atoms with Gasteiger partial charge in [-0.2, -0.15) is 0 Å². The molecule has 0 saturated heterocycles. The highest BCUT2D eigenvalue weighted by Gasteiger charge is 2.12. The van der Waals surface area contributed by atoms with Crippen LogP contribution in [-0.4, -0.2) is 22.9 Å². The van der Waals surface area contributed by atoms with Crippen LogP contribution in [0.2, 0.25) is 0 Å². The number of nitrogens with zero attached hydrogens (tertiary/aromatic N) is 1. The van der Waals surface area contributed by atoms with E-state index in [4.69, 9.17) is 0 Å². The van der Waals surface area contributed by atoms with Crippen molar-refractivity contribution in [2.45, 2.75) is 13.5 Å². The molecule has 3 aromatic carbocycles. The third-order valence-electron chi connectivity index (χ3n) is 4.87. The number of aromatic nitrogens is 1. The molecule has 1 aromatic heterocycles. The average Bonchev–Trinajstić information content (AvgIpc) is 3.05. The minimum atomic E-state index is -0.499. The first-order valence-corrected chi connectivity index (χ1v) is 9.41. The number of carbonyl (C=O) groups excluding carboxylic acids is 2. The molecule has 0 spiro atoms. The fourth-order valence-electron chi connectivity index (χ4n) is 3.57. The van der Waals surface area contributed by atoms with Crippen molar-refractivity contribution in [2.75, 3.05) is 11.9 Å². The van der Waals surface area contributed by atoms with Crippen LogP contribution < -0.4 is 10.6 Å². The van der Waals surface area contributed by atoms with Crippen molar-refractivity contribution in [3.63, 3.8) is 0 Å². The predicted octanol–water partition coefficient (Wildman–Crippen LogP) is 4.32. The maximum absolute atomic E-state index is 13.2. The summed E-state index contributed by atoms with van der Waals surface area (Å²) in [5.41, 5.74) is 3.08. The molecule has 0 unspecified atom stereocenters. The van der Waals surface area contributed by atoms with E-state index in [1.807, 2.05) is 30.3 Å². The van der Waals surface area contributed by atoms with Gasteiger partial charge in [0.05, 0.1) is 6.54 Å². The number of para-hydroxylation sites is 1. The molecule has 2 N–H and O–H groups in total. The third-order valence-corrected chi connectivity index (χ3v) is 4.87. The quantitative estimate of drug-likeness (QED) is 0.534. The summed E-state index contributed by atoms with van der Waals surface area (Å²) in [6.45, 7) is 2.74. The van der Waals surface area contributed by atoms with Gasteiger partial charge in [-0.3, -0.25) is 9.59 Å². The second-order valence-electron chi connectivity index (χ2n) is 6.73. The first-order chi connectivity index (χ1) is 14.1. The number of hydrogen-bond donors (Lipinski definition) is 2. The van der Waals surface area contributed by atoms with Crippen LogP contribution in [0.3, 0.4) is 0 Å². The molecule has 4 aromatic rings. The molecule has 1 heterocycles. The highest BCUT2D eigenvalue weighted by Crippen LogP contribution is 2.30. The zero-order valence-electron chi connectivity index (χ0n) is 15.9. The molecule has 0 aliphatic rings. The SMILES string of the molecule is CCn1c2ccccc2c2cc(NC(=O)CNC(=O)c3cccc(F)c3)ccc21. The number of carbonyl (C=O) groups is 2. The van der Waals surface area contributed by atoms with Crippen LogP contribution in [-0.2, 0) is 11.3 Å². The van der Waals surface area contributed by atoms with Gasteiger partial charge in [-0.05, 0) is 49.4 Å². The normalized spacial score (nSPS) is 11.0. The molecule has 0 radical (unpaired) electrons. The van der Waals surface area contributed by atoms with Crippen LogP contribution in [0.5, 0.6) is 0 Å². The van der Waals surface area contributed by atoms with Crippen molar-refractivity contribution < 1.29 is 14.0 Å². The Bertz CT molecular complexity index is 1230. The fraction of sp³-hybridized carbons (Fsp3) is 0.130. The van der Waals surface area contributed by atoms with E-state index in [1.165, 1.54) is 18.2 Å². The molecule has 0 aliphatic carbocycles. The van der Waals surface area contributed by atoms with Crippen molar-refractivity contribution in [3.05, 3.63) is 78.1 Å². The first-order valence-electron chi connectivity index (χ1n) is 9.41. The van der Waals surface area contributed by atoms with Crippen LogP contribution in [0.4, 0.5) is 10.1 Å². The number of amides is 2. The molecule has 6 heteroatoms. The number of benzene rings is 3. The maximum Gasteiger partial charge on any atom is 0.251 e. The second kappa shape index (κ2) is 7.75. The van der Waals surface area contributed by atoms with E-state index < -0.39 is 11.7 Å². The fourth-order valence-corrected chi connectivity index (χ4v) is 3.57. The molecule has 0 bridgehead atoms. The van der Waals surface area contributed by atoms with Crippen LogP contribution in [0, 0.1) is 5.82 Å². The predicted molar refractivity (Wildman–Crippen MR) is 112 cm³/mol. The number of hydrogen-bond acceptors (Lipinski definition) is 2. The van der Waals surface area contributed by atoms with Gasteiger partial charge in [0.25, 0.3) is 5.91 Å². The van der Waals surface area contributed by atoms with Crippen molar-refractivity contribution >= 4 is 39.3 Å². The molecule has 5 nitrogen and oxygen atoms in total. The summed E-state index contributed by atoms with van der Waals surface area (Å²) < 4.78 is 15.5. The summed E-state index contributed by atoms with van der Waals surface area (Å²) in [6, 6.07) is 19.3. The average molecular weight is 389 g/mol. The van der Waals surface area contributed by atoms with Crippen molar-refractivity contribution in [2.24, 2.45) is 0 Å². The van der Waals surface area contributed by atoms with Gasteiger partial charge in [0, 0.05) is 39.6 Å². The van der Waals surface area contributed by atoms with E-state index in [0.29, 0.717) is 5.69 Å². The summed E-state index contributed by atoms with van der Waals surface area (Å²) >= 11 is 0. The Morgan fingerprint density at radius 3 is 2.52 bits per heavy atom. The van der Waals surface area contributed by atoms with E-state index in [1.54, 1.807) is 0 Å². The molecule has 29 heavy (non-hydrogen) atoms. The smallest absolute Gasteiger partial charge is 0.251 e. The number of halogens is 1. The first kappa shape index (κ1) is 18.7. The van der Waals surface area contributed by atoms with Gasteiger partial charge < -0.3 is 15.2 Å². The molecule has 4 rings (SSSR count). The molecule has 146 valence electrons. The highest BCUT2D eigenvalue weighted by atomic mass is 19.1. The van der Waals surface area contributed by atoms with Gasteiger partial charge in [-0.25, -0.2) is 4.39 Å². The van der Waals surface area contributed by atoms with Crippen molar-refractivity contribution in [3.8, 4) is 0 Å². The van der Waals surface area contributed by atoms with E-state index >= 15 is 0 Å². The molecular weight excluding hydrogens is 369 g/mol. The third kappa shape index (κ3) is 3.69. The van der Waals surface area contributed by atoms with Gasteiger partial charge in [0.15, 0.2) is 0 Å². The van der Waals surface area contributed by atoms with E-state index in [0.717, 1.165) is 34.4 Å². The zero-order chi connectivity index (χ0) is 20.4. The summed E-state index contributed by atoms with van der Waals surface area (Å²) in [4.78, 5) is 24.3. The Labute approximate surface area is 167 Å². The van der Waals surface area contributed by atoms with Crippen LogP contribution >= 0.6 is 0 Å². The van der Waals surface area contributed by atoms with Crippen molar-refractivity contribution in [1.29, 1.82) is 0 Å². The molecule has 0 aliphatic heterocycles. The Hall–Kier alpha value is -3.67. The number of nitrogens with one attached hydrogen (secondary N) is 2. The lowest BCUT2D eigenvalue weighted by Gasteiger charge is -2.08. The van der Waals surface area contributed by atoms with E-state index in [2.05, 4.69) is 34.3 Å². The Morgan fingerprint density at radius 1 is 0.931 bits per heavy atom. The van der Waals surface area contributed by atoms with Gasteiger partial charge in [-0.15, -0.1) is 0 Å². The van der Waals surface area contributed by atoms with Gasteiger partial charge >= 0.3 is 0 Å². The minimum absolute atomic E-state index is 0.173. The van der Waals surface area contributed by atoms with Crippen molar-refractivity contribution in [1.82, 2.24) is 9.88 Å². The second-order valence-corrected chi connectivity index (χ2v) is 6.73. The zero-order valence-corrected chi connectivity index (χ0v) is 15.9. The Balaban J connectivity index is 1.50. The summed E-state index contributed by atoms with van der Waals surface area (Å²) in [5, 5.41) is 7.50. The Kier molecular flexibility index (Phi) is 4.99. The van der Waals surface area contributed by atoms with Crippen LogP contribution in [0.25, 0.3) is 21.8 Å². The van der Waals surface area contributed by atoms with Gasteiger partial charge in [0.1, 0.15) is 5.82 Å². The lowest BCUT2D eigenvalue weighted by atomic mass is 10.1. The Morgan fingerprint density at radius 2 is 1.72 bits per heavy atom. The summed E-state index contributed by atoms with van der Waals surface area (Å²) in [7, 11) is 0. The van der Waals surface area contributed by atoms with E-state index in [9.17, 15) is 14.0 Å². The molecular formula is C23H20FN3O2. The van der Waals surface area contributed by atoms with Crippen LogP contribution in [0.15, 0.2) is 66.7 Å². The standard InChI is InChI=1S/C23H20FN3O2/c1-2-27-20-9-4-3-8-18(20)19-13-17(10-11-21(19)27)26-22(28)14-25-23(29)15-6-5-7-16(24)12-15/h3-13H,2,14H2,1H3,(H,25,29)(H,26,28).